The summed E-state index contributed by atoms with van der Waals surface area (Å²) in [6, 6.07) is 5.30. The van der Waals surface area contributed by atoms with Crippen LogP contribution in [0.25, 0.3) is 0 Å². The second-order valence-corrected chi connectivity index (χ2v) is 8.10. The van der Waals surface area contributed by atoms with Crippen LogP contribution < -0.4 is 9.47 Å². The Labute approximate surface area is 174 Å². The van der Waals surface area contributed by atoms with Crippen LogP contribution in [0.3, 0.4) is 0 Å². The molecule has 0 aromatic heterocycles. The summed E-state index contributed by atoms with van der Waals surface area (Å²) in [5.41, 5.74) is 0.620. The molecule has 1 aromatic rings. The predicted octanol–water partition coefficient (Wildman–Crippen LogP) is 4.16. The van der Waals surface area contributed by atoms with Gasteiger partial charge >= 0.3 is 0 Å². The van der Waals surface area contributed by atoms with E-state index in [2.05, 4.69) is 0 Å². The molecule has 2 rings (SSSR count). The molecule has 1 aliphatic rings. The Kier molecular flexibility index (Phi) is 9.86. The molecule has 0 spiro atoms. The lowest BCUT2D eigenvalue weighted by molar-refractivity contribution is -0.140. The van der Waals surface area contributed by atoms with E-state index in [1.165, 1.54) is 0 Å². The van der Waals surface area contributed by atoms with Gasteiger partial charge in [0.25, 0.3) is 0 Å². The number of ether oxygens (including phenoxy) is 2. The molecule has 1 aliphatic heterocycles. The highest BCUT2D eigenvalue weighted by Gasteiger charge is 2.22. The number of likely N-dealkylation sites (tertiary alicyclic amines) is 1. The minimum absolute atomic E-state index is 0.0101. The summed E-state index contributed by atoms with van der Waals surface area (Å²) in [6.45, 7) is 12.4. The number of nitrogens with zero attached hydrogens (tertiary/aromatic N) is 1. The summed E-state index contributed by atoms with van der Waals surface area (Å²) in [4.78, 5) is 36.1. The molecule has 0 atom stereocenters. The van der Waals surface area contributed by atoms with Gasteiger partial charge in [-0.15, -0.1) is 0 Å². The van der Waals surface area contributed by atoms with Crippen LogP contribution in [-0.2, 0) is 9.59 Å². The highest BCUT2D eigenvalue weighted by atomic mass is 16.5. The Morgan fingerprint density at radius 2 is 1.69 bits per heavy atom. The fourth-order valence-electron chi connectivity index (χ4n) is 2.89. The van der Waals surface area contributed by atoms with Crippen LogP contribution in [0.15, 0.2) is 18.2 Å². The summed E-state index contributed by atoms with van der Waals surface area (Å²) in [6.07, 6.45) is 1.50. The predicted molar refractivity (Wildman–Crippen MR) is 114 cm³/mol. The van der Waals surface area contributed by atoms with Crippen molar-refractivity contribution < 1.29 is 23.9 Å². The normalized spacial score (nSPS) is 14.0. The fraction of sp³-hybridized carbons (Fsp3) is 0.609. The summed E-state index contributed by atoms with van der Waals surface area (Å²) in [5, 5.41) is 0. The second-order valence-electron chi connectivity index (χ2n) is 8.10. The van der Waals surface area contributed by atoms with Crippen LogP contribution in [0.2, 0.25) is 0 Å². The molecule has 0 unspecified atom stereocenters. The average molecular weight is 406 g/mol. The van der Waals surface area contributed by atoms with Crippen LogP contribution in [0.4, 0.5) is 0 Å². The molecule has 162 valence electrons. The number of rotatable bonds is 6. The third-order valence-corrected chi connectivity index (χ3v) is 4.40. The van der Waals surface area contributed by atoms with Gasteiger partial charge < -0.3 is 14.4 Å². The number of hydrogen-bond acceptors (Lipinski definition) is 5. The van der Waals surface area contributed by atoms with Crippen molar-refractivity contribution in [3.05, 3.63) is 23.8 Å². The van der Waals surface area contributed by atoms with Gasteiger partial charge in [0.2, 0.25) is 5.91 Å². The monoisotopic (exact) mass is 405 g/mol. The highest BCUT2D eigenvalue weighted by molar-refractivity contribution is 6.00. The standard InChI is InChI=1S/C14H20O3.C9H15NO2/c1-9(2)14(15)12-7-6-11(16-5)8-13(12)17-10(3)4;1-7(2)9(12)10-5-3-4-8(11)6-10/h6-10H,1-5H3;7H,3-6H2,1-2H3. The van der Waals surface area contributed by atoms with E-state index in [-0.39, 0.29) is 35.4 Å². The molecule has 6 heteroatoms. The molecule has 29 heavy (non-hydrogen) atoms. The average Bonchev–Trinajstić information content (AvgIpc) is 2.66. The van der Waals surface area contributed by atoms with E-state index in [1.807, 2.05) is 41.5 Å². The molecule has 0 radical (unpaired) electrons. The molecule has 0 aliphatic carbocycles. The molecule has 0 N–H and O–H groups in total. The quantitative estimate of drug-likeness (QED) is 0.665. The van der Waals surface area contributed by atoms with Crippen molar-refractivity contribution in [1.29, 1.82) is 0 Å². The molecule has 1 fully saturated rings. The van der Waals surface area contributed by atoms with Crippen molar-refractivity contribution in [3.63, 3.8) is 0 Å². The zero-order chi connectivity index (χ0) is 22.1. The Balaban J connectivity index is 0.000000308. The molecule has 0 bridgehead atoms. The van der Waals surface area contributed by atoms with Crippen molar-refractivity contribution in [3.8, 4) is 11.5 Å². The van der Waals surface area contributed by atoms with Crippen LogP contribution in [0, 0.1) is 11.8 Å². The van der Waals surface area contributed by atoms with Gasteiger partial charge in [-0.05, 0) is 32.4 Å². The number of amides is 1. The third-order valence-electron chi connectivity index (χ3n) is 4.40. The van der Waals surface area contributed by atoms with Gasteiger partial charge in [0.05, 0.1) is 25.3 Å². The second kappa shape index (κ2) is 11.6. The number of carbonyl (C=O) groups excluding carboxylic acids is 3. The van der Waals surface area contributed by atoms with Gasteiger partial charge in [0.1, 0.15) is 11.5 Å². The number of hydrogen-bond donors (Lipinski definition) is 0. The van der Waals surface area contributed by atoms with Crippen molar-refractivity contribution in [2.75, 3.05) is 20.2 Å². The minimum Gasteiger partial charge on any atom is -0.497 e. The van der Waals surface area contributed by atoms with Crippen LogP contribution in [0.5, 0.6) is 11.5 Å². The number of benzene rings is 1. The Morgan fingerprint density at radius 1 is 1.03 bits per heavy atom. The van der Waals surface area contributed by atoms with E-state index in [0.29, 0.717) is 30.0 Å². The molecule has 6 nitrogen and oxygen atoms in total. The molecule has 1 saturated heterocycles. The minimum atomic E-state index is -0.0436. The van der Waals surface area contributed by atoms with Gasteiger partial charge in [-0.2, -0.15) is 0 Å². The topological polar surface area (TPSA) is 72.9 Å². The molecule has 1 aromatic carbocycles. The fourth-order valence-corrected chi connectivity index (χ4v) is 2.89. The van der Waals surface area contributed by atoms with E-state index in [0.717, 1.165) is 13.0 Å². The first-order chi connectivity index (χ1) is 13.6. The van der Waals surface area contributed by atoms with Gasteiger partial charge in [-0.25, -0.2) is 0 Å². The van der Waals surface area contributed by atoms with E-state index in [9.17, 15) is 14.4 Å². The molecular weight excluding hydrogens is 370 g/mol. The van der Waals surface area contributed by atoms with Gasteiger partial charge in [0, 0.05) is 30.9 Å². The van der Waals surface area contributed by atoms with Crippen molar-refractivity contribution in [1.82, 2.24) is 4.90 Å². The summed E-state index contributed by atoms with van der Waals surface area (Å²) in [5.74, 6) is 1.63. The summed E-state index contributed by atoms with van der Waals surface area (Å²) < 4.78 is 10.8. The van der Waals surface area contributed by atoms with Crippen molar-refractivity contribution in [2.45, 2.75) is 60.5 Å². The van der Waals surface area contributed by atoms with E-state index in [1.54, 1.807) is 30.2 Å². The van der Waals surface area contributed by atoms with Gasteiger partial charge in [0.15, 0.2) is 11.6 Å². The van der Waals surface area contributed by atoms with Crippen LogP contribution >= 0.6 is 0 Å². The molecule has 0 saturated carbocycles. The van der Waals surface area contributed by atoms with Gasteiger partial charge in [-0.3, -0.25) is 14.4 Å². The lowest BCUT2D eigenvalue weighted by Gasteiger charge is -2.27. The highest BCUT2D eigenvalue weighted by Crippen LogP contribution is 2.27. The maximum absolute atomic E-state index is 12.0. The summed E-state index contributed by atoms with van der Waals surface area (Å²) in [7, 11) is 1.60. The maximum Gasteiger partial charge on any atom is 0.225 e. The first-order valence-corrected chi connectivity index (χ1v) is 10.3. The first kappa shape index (κ1) is 24.7. The SMILES string of the molecule is CC(C)C(=O)N1CCCC(=O)C1.COc1ccc(C(=O)C(C)C)c(OC(C)C)c1. The Hall–Kier alpha value is -2.37. The Bertz CT molecular complexity index is 709. The number of piperidine rings is 1. The number of Topliss-reactive ketones (excluding diaryl/α,β-unsaturated/α-hetero) is 2. The molecule has 1 heterocycles. The van der Waals surface area contributed by atoms with E-state index in [4.69, 9.17) is 9.47 Å². The Morgan fingerprint density at radius 3 is 2.17 bits per heavy atom. The smallest absolute Gasteiger partial charge is 0.225 e. The van der Waals surface area contributed by atoms with Crippen LogP contribution in [-0.4, -0.2) is 48.7 Å². The largest absolute Gasteiger partial charge is 0.497 e. The zero-order valence-electron chi connectivity index (χ0n) is 18.8. The lowest BCUT2D eigenvalue weighted by atomic mass is 10.00. The molecular formula is C23H35NO5. The van der Waals surface area contributed by atoms with Crippen LogP contribution in [0.1, 0.15) is 64.7 Å². The van der Waals surface area contributed by atoms with E-state index < -0.39 is 0 Å². The van der Waals surface area contributed by atoms with Gasteiger partial charge in [-0.1, -0.05) is 27.7 Å². The number of carbonyl (C=O) groups is 3. The lowest BCUT2D eigenvalue weighted by Crippen LogP contribution is -2.42. The maximum atomic E-state index is 12.0. The summed E-state index contributed by atoms with van der Waals surface area (Å²) >= 11 is 0. The number of ketones is 2. The van der Waals surface area contributed by atoms with Crippen molar-refractivity contribution in [2.24, 2.45) is 11.8 Å². The van der Waals surface area contributed by atoms with Crippen molar-refractivity contribution >= 4 is 17.5 Å². The van der Waals surface area contributed by atoms with E-state index >= 15 is 0 Å². The zero-order valence-corrected chi connectivity index (χ0v) is 18.8. The number of methoxy groups -OCH3 is 1. The molecule has 1 amide bonds. The first-order valence-electron chi connectivity index (χ1n) is 10.3. The third kappa shape index (κ3) is 7.87.